The Bertz CT molecular complexity index is 659. The molecule has 4 heteroatoms. The standard InChI is InChI=1S/C16H13ClFNO/c1-16(20,13-5-2-11(10-19)3-6-13)9-12-4-7-14(17)8-15(12)18/h2-8,20H,9H2,1H3. The van der Waals surface area contributed by atoms with Gasteiger partial charge in [0, 0.05) is 11.4 Å². The molecule has 1 N–H and O–H groups in total. The highest BCUT2D eigenvalue weighted by molar-refractivity contribution is 6.30. The number of rotatable bonds is 3. The molecule has 0 bridgehead atoms. The first-order valence-corrected chi connectivity index (χ1v) is 6.47. The van der Waals surface area contributed by atoms with Crippen molar-refractivity contribution >= 4 is 11.6 Å². The first-order chi connectivity index (χ1) is 9.42. The Morgan fingerprint density at radius 2 is 1.90 bits per heavy atom. The van der Waals surface area contributed by atoms with Gasteiger partial charge in [0.15, 0.2) is 0 Å². The number of nitrogens with zero attached hydrogens (tertiary/aromatic N) is 1. The molecule has 102 valence electrons. The number of aliphatic hydroxyl groups is 1. The lowest BCUT2D eigenvalue weighted by atomic mass is 9.88. The van der Waals surface area contributed by atoms with Crippen LogP contribution in [0.15, 0.2) is 42.5 Å². The van der Waals surface area contributed by atoms with Crippen molar-refractivity contribution in [2.45, 2.75) is 18.9 Å². The molecule has 2 aromatic carbocycles. The van der Waals surface area contributed by atoms with Crippen LogP contribution in [0.5, 0.6) is 0 Å². The summed E-state index contributed by atoms with van der Waals surface area (Å²) in [6.45, 7) is 1.61. The molecular weight excluding hydrogens is 277 g/mol. The van der Waals surface area contributed by atoms with Crippen molar-refractivity contribution in [3.63, 3.8) is 0 Å². The lowest BCUT2D eigenvalue weighted by Gasteiger charge is -2.24. The average molecular weight is 290 g/mol. The van der Waals surface area contributed by atoms with Gasteiger partial charge < -0.3 is 5.11 Å². The van der Waals surface area contributed by atoms with Crippen molar-refractivity contribution in [3.05, 3.63) is 70.0 Å². The van der Waals surface area contributed by atoms with Gasteiger partial charge in [-0.2, -0.15) is 5.26 Å². The maximum atomic E-state index is 13.8. The van der Waals surface area contributed by atoms with Crippen LogP contribution in [0.25, 0.3) is 0 Å². The van der Waals surface area contributed by atoms with Crippen molar-refractivity contribution in [3.8, 4) is 6.07 Å². The lowest BCUT2D eigenvalue weighted by Crippen LogP contribution is -2.24. The summed E-state index contributed by atoms with van der Waals surface area (Å²) in [6.07, 6.45) is 0.127. The SMILES string of the molecule is CC(O)(Cc1ccc(Cl)cc1F)c1ccc(C#N)cc1. The van der Waals surface area contributed by atoms with E-state index in [9.17, 15) is 9.50 Å². The van der Waals surface area contributed by atoms with Gasteiger partial charge in [-0.25, -0.2) is 4.39 Å². The number of benzene rings is 2. The van der Waals surface area contributed by atoms with Gasteiger partial charge in [-0.15, -0.1) is 0 Å². The van der Waals surface area contributed by atoms with Crippen LogP contribution >= 0.6 is 11.6 Å². The Kier molecular flexibility index (Phi) is 4.08. The van der Waals surface area contributed by atoms with Crippen LogP contribution in [0.1, 0.15) is 23.6 Å². The van der Waals surface area contributed by atoms with E-state index in [-0.39, 0.29) is 6.42 Å². The summed E-state index contributed by atoms with van der Waals surface area (Å²) in [5, 5.41) is 19.6. The maximum Gasteiger partial charge on any atom is 0.127 e. The molecule has 0 saturated carbocycles. The lowest BCUT2D eigenvalue weighted by molar-refractivity contribution is 0.0567. The van der Waals surface area contributed by atoms with Crippen molar-refractivity contribution in [2.75, 3.05) is 0 Å². The topological polar surface area (TPSA) is 44.0 Å². The maximum absolute atomic E-state index is 13.8. The average Bonchev–Trinajstić information content (AvgIpc) is 2.42. The normalized spacial score (nSPS) is 13.6. The molecule has 1 atom stereocenters. The summed E-state index contributed by atoms with van der Waals surface area (Å²) < 4.78 is 13.8. The van der Waals surface area contributed by atoms with Crippen molar-refractivity contribution in [2.24, 2.45) is 0 Å². The molecule has 2 rings (SSSR count). The van der Waals surface area contributed by atoms with Crippen LogP contribution in [-0.2, 0) is 12.0 Å². The molecule has 0 aliphatic heterocycles. The number of hydrogen-bond donors (Lipinski definition) is 1. The van der Waals surface area contributed by atoms with Crippen molar-refractivity contribution < 1.29 is 9.50 Å². The second-order valence-electron chi connectivity index (χ2n) is 4.88. The Morgan fingerprint density at radius 1 is 1.25 bits per heavy atom. The summed E-state index contributed by atoms with van der Waals surface area (Å²) in [6, 6.07) is 13.0. The Labute approximate surface area is 122 Å². The number of hydrogen-bond acceptors (Lipinski definition) is 2. The molecule has 1 unspecified atom stereocenters. The fourth-order valence-corrected chi connectivity index (χ4v) is 2.20. The van der Waals surface area contributed by atoms with Gasteiger partial charge >= 0.3 is 0 Å². The van der Waals surface area contributed by atoms with E-state index in [1.54, 1.807) is 43.3 Å². The molecule has 0 spiro atoms. The Balaban J connectivity index is 2.27. The fourth-order valence-electron chi connectivity index (χ4n) is 2.04. The van der Waals surface area contributed by atoms with Gasteiger partial charge in [-0.3, -0.25) is 0 Å². The van der Waals surface area contributed by atoms with E-state index in [0.29, 0.717) is 21.7 Å². The Hall–Kier alpha value is -1.89. The zero-order chi connectivity index (χ0) is 14.8. The first kappa shape index (κ1) is 14.5. The van der Waals surface area contributed by atoms with E-state index >= 15 is 0 Å². The molecule has 0 fully saturated rings. The van der Waals surface area contributed by atoms with Gasteiger partial charge in [0.1, 0.15) is 5.82 Å². The van der Waals surface area contributed by atoms with E-state index in [1.807, 2.05) is 6.07 Å². The predicted molar refractivity (Wildman–Crippen MR) is 75.8 cm³/mol. The van der Waals surface area contributed by atoms with E-state index in [4.69, 9.17) is 16.9 Å². The van der Waals surface area contributed by atoms with Gasteiger partial charge in [0.25, 0.3) is 0 Å². The molecule has 0 aliphatic rings. The third-order valence-electron chi connectivity index (χ3n) is 3.19. The molecule has 0 amide bonds. The van der Waals surface area contributed by atoms with E-state index < -0.39 is 11.4 Å². The fraction of sp³-hybridized carbons (Fsp3) is 0.188. The highest BCUT2D eigenvalue weighted by Crippen LogP contribution is 2.27. The molecule has 0 radical (unpaired) electrons. The summed E-state index contributed by atoms with van der Waals surface area (Å²) in [4.78, 5) is 0. The Morgan fingerprint density at radius 3 is 2.45 bits per heavy atom. The number of nitriles is 1. The summed E-state index contributed by atoms with van der Waals surface area (Å²) in [5.74, 6) is -0.438. The van der Waals surface area contributed by atoms with E-state index in [1.165, 1.54) is 6.07 Å². The third kappa shape index (κ3) is 3.16. The van der Waals surface area contributed by atoms with E-state index in [2.05, 4.69) is 0 Å². The van der Waals surface area contributed by atoms with Crippen molar-refractivity contribution in [1.29, 1.82) is 5.26 Å². The molecule has 2 aromatic rings. The molecule has 0 heterocycles. The predicted octanol–water partition coefficient (Wildman–Crippen LogP) is 3.80. The minimum Gasteiger partial charge on any atom is -0.385 e. The second-order valence-corrected chi connectivity index (χ2v) is 5.31. The first-order valence-electron chi connectivity index (χ1n) is 6.09. The van der Waals surface area contributed by atoms with Gasteiger partial charge in [0.05, 0.1) is 17.2 Å². The van der Waals surface area contributed by atoms with Gasteiger partial charge in [-0.1, -0.05) is 29.8 Å². The van der Waals surface area contributed by atoms with Crippen molar-refractivity contribution in [1.82, 2.24) is 0 Å². The van der Waals surface area contributed by atoms with Crippen LogP contribution < -0.4 is 0 Å². The molecule has 2 nitrogen and oxygen atoms in total. The summed E-state index contributed by atoms with van der Waals surface area (Å²) >= 11 is 5.71. The molecule has 0 saturated heterocycles. The third-order valence-corrected chi connectivity index (χ3v) is 3.42. The summed E-state index contributed by atoms with van der Waals surface area (Å²) in [5.41, 5.74) is 0.319. The van der Waals surface area contributed by atoms with Crippen LogP contribution in [0.4, 0.5) is 4.39 Å². The minimum atomic E-state index is -1.22. The molecule has 20 heavy (non-hydrogen) atoms. The second kappa shape index (κ2) is 5.62. The van der Waals surface area contributed by atoms with Gasteiger partial charge in [-0.05, 0) is 42.3 Å². The summed E-state index contributed by atoms with van der Waals surface area (Å²) in [7, 11) is 0. The molecule has 0 aliphatic carbocycles. The van der Waals surface area contributed by atoms with Crippen LogP contribution in [0.3, 0.4) is 0 Å². The smallest absolute Gasteiger partial charge is 0.127 e. The van der Waals surface area contributed by atoms with Crippen LogP contribution in [0, 0.1) is 17.1 Å². The van der Waals surface area contributed by atoms with Crippen LogP contribution in [0.2, 0.25) is 5.02 Å². The zero-order valence-electron chi connectivity index (χ0n) is 10.9. The van der Waals surface area contributed by atoms with Gasteiger partial charge in [0.2, 0.25) is 0 Å². The highest BCUT2D eigenvalue weighted by Gasteiger charge is 2.25. The molecular formula is C16H13ClFNO. The highest BCUT2D eigenvalue weighted by atomic mass is 35.5. The molecule has 0 aromatic heterocycles. The monoisotopic (exact) mass is 289 g/mol. The van der Waals surface area contributed by atoms with E-state index in [0.717, 1.165) is 0 Å². The largest absolute Gasteiger partial charge is 0.385 e. The quantitative estimate of drug-likeness (QED) is 0.934. The number of halogens is 2. The minimum absolute atomic E-state index is 0.127. The van der Waals surface area contributed by atoms with Crippen LogP contribution in [-0.4, -0.2) is 5.11 Å². The zero-order valence-corrected chi connectivity index (χ0v) is 11.7.